The third kappa shape index (κ3) is 4.13. The Labute approximate surface area is 261 Å². The van der Waals surface area contributed by atoms with E-state index < -0.39 is 69.7 Å². The summed E-state index contributed by atoms with van der Waals surface area (Å²) >= 11 is 0. The van der Waals surface area contributed by atoms with Crippen molar-refractivity contribution in [2.24, 2.45) is 17.8 Å². The Bertz CT molecular complexity index is 1580. The summed E-state index contributed by atoms with van der Waals surface area (Å²) in [5, 5.41) is 43.2. The smallest absolute Gasteiger partial charge is 0.330 e. The van der Waals surface area contributed by atoms with Gasteiger partial charge in [-0.2, -0.15) is 0 Å². The van der Waals surface area contributed by atoms with Gasteiger partial charge in [-0.25, -0.2) is 4.79 Å². The lowest BCUT2D eigenvalue weighted by Crippen LogP contribution is -2.80. The van der Waals surface area contributed by atoms with Gasteiger partial charge >= 0.3 is 5.97 Å². The molecule has 1 aromatic rings. The first kappa shape index (κ1) is 31.7. The number of hydrogen-bond donors (Lipinski definition) is 4. The maximum Gasteiger partial charge on any atom is 0.330 e. The first-order chi connectivity index (χ1) is 20.7. The van der Waals surface area contributed by atoms with E-state index in [0.717, 1.165) is 0 Å². The molecule has 1 aromatic carbocycles. The van der Waals surface area contributed by atoms with Gasteiger partial charge in [-0.15, -0.1) is 0 Å². The Hall–Kier alpha value is -3.25. The number of aliphatic hydroxyl groups is 2. The molecule has 0 radical (unpaired) electrons. The van der Waals surface area contributed by atoms with Crippen LogP contribution in [0, 0.1) is 17.8 Å². The molecule has 244 valence electrons. The predicted octanol–water partition coefficient (Wildman–Crippen LogP) is 3.38. The zero-order chi connectivity index (χ0) is 33.2. The number of ether oxygens (including phenoxy) is 4. The van der Waals surface area contributed by atoms with Gasteiger partial charge in [-0.05, 0) is 67.0 Å². The van der Waals surface area contributed by atoms with Crippen molar-refractivity contribution in [2.75, 3.05) is 7.11 Å². The number of rotatable bonds is 7. The number of carboxylic acid groups (broad SMARTS) is 1. The Morgan fingerprint density at radius 2 is 1.84 bits per heavy atom. The summed E-state index contributed by atoms with van der Waals surface area (Å²) in [6, 6.07) is 0. The van der Waals surface area contributed by atoms with E-state index >= 15 is 0 Å². The second-order valence-electron chi connectivity index (χ2n) is 14.8. The molecule has 3 aliphatic carbocycles. The third-order valence-corrected chi connectivity index (χ3v) is 10.7. The van der Waals surface area contributed by atoms with Crippen LogP contribution in [0.2, 0.25) is 0 Å². The lowest BCUT2D eigenvalue weighted by molar-refractivity contribution is -0.224. The Morgan fingerprint density at radius 3 is 2.44 bits per heavy atom. The molecule has 0 aromatic heterocycles. The fourth-order valence-corrected chi connectivity index (χ4v) is 8.45. The molecule has 4 fully saturated rings. The van der Waals surface area contributed by atoms with Crippen molar-refractivity contribution < 1.29 is 53.8 Å². The van der Waals surface area contributed by atoms with E-state index in [1.807, 2.05) is 27.7 Å². The van der Waals surface area contributed by atoms with Crippen LogP contribution >= 0.6 is 0 Å². The van der Waals surface area contributed by atoms with E-state index in [4.69, 9.17) is 18.9 Å². The third-order valence-electron chi connectivity index (χ3n) is 10.7. The quantitative estimate of drug-likeness (QED) is 0.327. The van der Waals surface area contributed by atoms with E-state index in [1.165, 1.54) is 34.0 Å². The number of phenolic OH excluding ortho intramolecular Hbond substituents is 1. The average Bonchev–Trinajstić information content (AvgIpc) is 3.08. The summed E-state index contributed by atoms with van der Waals surface area (Å²) in [7, 11) is 1.43. The molecule has 45 heavy (non-hydrogen) atoms. The number of methoxy groups -OCH3 is 1. The SMILES string of the molecule is CO[C@@H]1[C@H]2C[C@@H]3C(C)(C)O[C@](C/C=C(/C)C(=O)O)(C2=O)[C@@]32Oc3c(C[C@H](O)C(C)(C)O)c4c(c(O)c3C(=O)[C@@H]12)C=CC(C)(C)O4. The average molecular weight is 627 g/mol. The fourth-order valence-electron chi connectivity index (χ4n) is 8.45. The second-order valence-corrected chi connectivity index (χ2v) is 14.8. The van der Waals surface area contributed by atoms with Crippen LogP contribution in [-0.4, -0.2) is 85.3 Å². The lowest BCUT2D eigenvalue weighted by atomic mass is 9.45. The highest BCUT2D eigenvalue weighted by molar-refractivity contribution is 6.10. The summed E-state index contributed by atoms with van der Waals surface area (Å²) in [6.45, 7) is 11.6. The number of benzene rings is 1. The van der Waals surface area contributed by atoms with Gasteiger partial charge in [0.1, 0.15) is 28.4 Å². The summed E-state index contributed by atoms with van der Waals surface area (Å²) in [6.07, 6.45) is 2.53. The molecule has 3 aliphatic heterocycles. The number of fused-ring (bicyclic) bond motifs is 2. The van der Waals surface area contributed by atoms with Crippen LogP contribution in [0.4, 0.5) is 0 Å². The summed E-state index contributed by atoms with van der Waals surface area (Å²) in [5.74, 6) is -4.56. The van der Waals surface area contributed by atoms with Gasteiger partial charge in [0.2, 0.25) is 0 Å². The van der Waals surface area contributed by atoms with E-state index in [1.54, 1.807) is 12.2 Å². The highest BCUT2D eigenvalue weighted by Gasteiger charge is 2.85. The van der Waals surface area contributed by atoms with E-state index in [9.17, 15) is 34.8 Å². The molecule has 4 bridgehead atoms. The van der Waals surface area contributed by atoms with Crippen LogP contribution in [0.15, 0.2) is 17.7 Å². The minimum atomic E-state index is -1.76. The minimum Gasteiger partial charge on any atom is -0.506 e. The monoisotopic (exact) mass is 626 g/mol. The number of Topliss-reactive ketones (excluding diaryl/α,β-unsaturated/α-hetero) is 2. The Balaban J connectivity index is 1.67. The first-order valence-electron chi connectivity index (χ1n) is 15.3. The number of aliphatic hydroxyl groups excluding tert-OH is 1. The fraction of sp³-hybridized carbons (Fsp3) is 0.618. The standard InChI is InChI=1S/C34H42O11/c1-15(29(39)40)9-12-33-28(38)18-13-19(32(6,7)45-33)34(33)22(27(18)42-8)24(37)21-23(36)16-10-11-30(2,3)43-25(16)17(26(21)44-34)14-20(35)31(4,5)41/h9-11,18-20,22,27,35-36,41H,12-14H2,1-8H3,(H,39,40)/b15-9-/t18-,19-,20+,22+,27-,33-,34-/m1/s1. The molecule has 1 spiro atoms. The molecule has 3 saturated carbocycles. The van der Waals surface area contributed by atoms with E-state index in [-0.39, 0.29) is 58.1 Å². The minimum absolute atomic E-state index is 0.00498. The number of ketones is 2. The molecule has 11 nitrogen and oxygen atoms in total. The molecule has 7 rings (SSSR count). The van der Waals surface area contributed by atoms with Gasteiger partial charge in [0, 0.05) is 42.9 Å². The van der Waals surface area contributed by atoms with Gasteiger partial charge in [0.25, 0.3) is 0 Å². The van der Waals surface area contributed by atoms with Crippen molar-refractivity contribution in [3.63, 3.8) is 0 Å². The van der Waals surface area contributed by atoms with Gasteiger partial charge in [0.15, 0.2) is 22.8 Å². The van der Waals surface area contributed by atoms with Crippen LogP contribution in [0.3, 0.4) is 0 Å². The molecule has 11 heteroatoms. The van der Waals surface area contributed by atoms with Crippen LogP contribution in [0.25, 0.3) is 6.08 Å². The predicted molar refractivity (Wildman–Crippen MR) is 160 cm³/mol. The topological polar surface area (TPSA) is 169 Å². The number of carbonyl (C=O) groups excluding carboxylic acids is 2. The van der Waals surface area contributed by atoms with Crippen molar-refractivity contribution >= 4 is 23.6 Å². The van der Waals surface area contributed by atoms with Crippen molar-refractivity contribution in [3.8, 4) is 17.2 Å². The number of carboxylic acids is 1. The lowest BCUT2D eigenvalue weighted by Gasteiger charge is -2.62. The van der Waals surface area contributed by atoms with Crippen LogP contribution in [0.5, 0.6) is 17.2 Å². The zero-order valence-corrected chi connectivity index (χ0v) is 26.9. The van der Waals surface area contributed by atoms with Gasteiger partial charge in [-0.3, -0.25) is 9.59 Å². The molecule has 7 atom stereocenters. The van der Waals surface area contributed by atoms with Crippen molar-refractivity contribution in [3.05, 3.63) is 34.4 Å². The van der Waals surface area contributed by atoms with Crippen molar-refractivity contribution in [2.45, 2.75) is 108 Å². The van der Waals surface area contributed by atoms with Gasteiger partial charge in [0.05, 0.1) is 34.9 Å². The number of phenols is 1. The number of carbonyl (C=O) groups is 3. The number of aliphatic carboxylic acids is 1. The second kappa shape index (κ2) is 9.63. The first-order valence-corrected chi connectivity index (χ1v) is 15.3. The largest absolute Gasteiger partial charge is 0.506 e. The molecule has 4 N–H and O–H groups in total. The van der Waals surface area contributed by atoms with Crippen LogP contribution in [0.1, 0.15) is 82.8 Å². The molecule has 0 unspecified atom stereocenters. The van der Waals surface area contributed by atoms with E-state index in [0.29, 0.717) is 6.42 Å². The van der Waals surface area contributed by atoms with Crippen molar-refractivity contribution in [1.82, 2.24) is 0 Å². The number of aromatic hydroxyl groups is 1. The van der Waals surface area contributed by atoms with Crippen molar-refractivity contribution in [1.29, 1.82) is 0 Å². The molecular weight excluding hydrogens is 584 g/mol. The molecular formula is C34H42O11. The maximum absolute atomic E-state index is 14.9. The summed E-state index contributed by atoms with van der Waals surface area (Å²) in [5.41, 5.74) is -6.40. The van der Waals surface area contributed by atoms with Gasteiger partial charge in [-0.1, -0.05) is 6.08 Å². The summed E-state index contributed by atoms with van der Waals surface area (Å²) in [4.78, 5) is 41.3. The highest BCUT2D eigenvalue weighted by Crippen LogP contribution is 2.70. The normalized spacial score (nSPS) is 34.4. The molecule has 6 aliphatic rings. The highest BCUT2D eigenvalue weighted by atomic mass is 16.6. The molecule has 0 amide bonds. The molecule has 1 saturated heterocycles. The van der Waals surface area contributed by atoms with Gasteiger partial charge < -0.3 is 39.4 Å². The van der Waals surface area contributed by atoms with Crippen LogP contribution < -0.4 is 9.47 Å². The van der Waals surface area contributed by atoms with Crippen LogP contribution in [-0.2, 0) is 25.5 Å². The summed E-state index contributed by atoms with van der Waals surface area (Å²) < 4.78 is 26.0. The number of hydrogen-bond acceptors (Lipinski definition) is 10. The molecule has 3 heterocycles. The maximum atomic E-state index is 14.9. The Kier molecular flexibility index (Phi) is 6.79. The van der Waals surface area contributed by atoms with E-state index in [2.05, 4.69) is 0 Å². The zero-order valence-electron chi connectivity index (χ0n) is 26.9. The Morgan fingerprint density at radius 1 is 1.18 bits per heavy atom.